The molecule has 2 nitrogen and oxygen atoms in total. The van der Waals surface area contributed by atoms with Gasteiger partial charge < -0.3 is 0 Å². The molecular weight excluding hydrogens is 270 g/mol. The van der Waals surface area contributed by atoms with E-state index in [9.17, 15) is 8.78 Å². The van der Waals surface area contributed by atoms with Gasteiger partial charge in [0.25, 0.3) is 0 Å². The van der Waals surface area contributed by atoms with Crippen molar-refractivity contribution >= 4 is 11.6 Å². The number of hydrogen-bond donors (Lipinski definition) is 0. The van der Waals surface area contributed by atoms with E-state index in [1.54, 1.807) is 6.07 Å². The first-order valence-corrected chi connectivity index (χ1v) is 6.47. The molecule has 1 aromatic heterocycles. The molecule has 1 aliphatic rings. The van der Waals surface area contributed by atoms with Crippen LogP contribution in [-0.4, -0.2) is 9.97 Å². The SMILES string of the molecule is Fc1ccc(Cc2nc(Cl)cc(C3CC3)n2)c(F)c1. The molecule has 0 N–H and O–H groups in total. The third kappa shape index (κ3) is 2.89. The fourth-order valence-corrected chi connectivity index (χ4v) is 2.20. The third-order valence-corrected chi connectivity index (χ3v) is 3.31. The lowest BCUT2D eigenvalue weighted by Gasteiger charge is -2.05. The molecule has 5 heteroatoms. The summed E-state index contributed by atoms with van der Waals surface area (Å²) in [5.41, 5.74) is 1.28. The van der Waals surface area contributed by atoms with Gasteiger partial charge in [-0.2, -0.15) is 0 Å². The molecule has 1 aliphatic carbocycles. The number of hydrogen-bond acceptors (Lipinski definition) is 2. The summed E-state index contributed by atoms with van der Waals surface area (Å²) in [7, 11) is 0. The zero-order chi connectivity index (χ0) is 13.4. The molecule has 0 aliphatic heterocycles. The van der Waals surface area contributed by atoms with Crippen LogP contribution in [0.25, 0.3) is 0 Å². The first kappa shape index (κ1) is 12.5. The summed E-state index contributed by atoms with van der Waals surface area (Å²) in [6.07, 6.45) is 2.43. The van der Waals surface area contributed by atoms with E-state index in [1.807, 2.05) is 0 Å². The summed E-state index contributed by atoms with van der Waals surface area (Å²) in [6.45, 7) is 0. The summed E-state index contributed by atoms with van der Waals surface area (Å²) in [4.78, 5) is 8.50. The van der Waals surface area contributed by atoms with Crippen LogP contribution in [0, 0.1) is 11.6 Å². The number of benzene rings is 1. The van der Waals surface area contributed by atoms with E-state index in [4.69, 9.17) is 11.6 Å². The van der Waals surface area contributed by atoms with Crippen LogP contribution in [0.2, 0.25) is 5.15 Å². The highest BCUT2D eigenvalue weighted by molar-refractivity contribution is 6.29. The molecule has 0 amide bonds. The van der Waals surface area contributed by atoms with Gasteiger partial charge in [-0.3, -0.25) is 0 Å². The molecule has 3 rings (SSSR count). The van der Waals surface area contributed by atoms with Gasteiger partial charge in [-0.25, -0.2) is 18.7 Å². The van der Waals surface area contributed by atoms with Gasteiger partial charge in [0, 0.05) is 24.1 Å². The zero-order valence-corrected chi connectivity index (χ0v) is 10.8. The Hall–Kier alpha value is -1.55. The van der Waals surface area contributed by atoms with Crippen molar-refractivity contribution in [2.75, 3.05) is 0 Å². The van der Waals surface area contributed by atoms with Gasteiger partial charge in [-0.05, 0) is 30.5 Å². The molecular formula is C14H11ClF2N2. The minimum Gasteiger partial charge on any atom is -0.237 e. The van der Waals surface area contributed by atoms with E-state index >= 15 is 0 Å². The molecule has 1 heterocycles. The molecule has 0 bridgehead atoms. The number of rotatable bonds is 3. The Morgan fingerprint density at radius 1 is 1.16 bits per heavy atom. The van der Waals surface area contributed by atoms with E-state index in [0.717, 1.165) is 24.6 Å². The maximum absolute atomic E-state index is 13.6. The summed E-state index contributed by atoms with van der Waals surface area (Å²) < 4.78 is 26.4. The van der Waals surface area contributed by atoms with Crippen LogP contribution in [0.3, 0.4) is 0 Å². The monoisotopic (exact) mass is 280 g/mol. The van der Waals surface area contributed by atoms with Gasteiger partial charge in [-0.1, -0.05) is 17.7 Å². The molecule has 0 unspecified atom stereocenters. The van der Waals surface area contributed by atoms with E-state index < -0.39 is 11.6 Å². The van der Waals surface area contributed by atoms with Crippen molar-refractivity contribution < 1.29 is 8.78 Å². The van der Waals surface area contributed by atoms with Crippen molar-refractivity contribution in [3.05, 3.63) is 58.1 Å². The average molecular weight is 281 g/mol. The second kappa shape index (κ2) is 4.85. The fourth-order valence-electron chi connectivity index (χ4n) is 1.99. The van der Waals surface area contributed by atoms with Crippen LogP contribution in [-0.2, 0) is 6.42 Å². The number of halogens is 3. The maximum Gasteiger partial charge on any atom is 0.134 e. The predicted octanol–water partition coefficient (Wildman–Crippen LogP) is 3.88. The summed E-state index contributed by atoms with van der Waals surface area (Å²) in [5.74, 6) is -0.249. The van der Waals surface area contributed by atoms with Crippen molar-refractivity contribution in [3.8, 4) is 0 Å². The third-order valence-electron chi connectivity index (χ3n) is 3.12. The van der Waals surface area contributed by atoms with Crippen LogP contribution in [0.4, 0.5) is 8.78 Å². The summed E-state index contributed by atoms with van der Waals surface area (Å²) >= 11 is 5.95. The van der Waals surface area contributed by atoms with Gasteiger partial charge in [-0.15, -0.1) is 0 Å². The van der Waals surface area contributed by atoms with Gasteiger partial charge in [0.2, 0.25) is 0 Å². The van der Waals surface area contributed by atoms with Gasteiger partial charge in [0.1, 0.15) is 22.6 Å². The first-order chi connectivity index (χ1) is 9.11. The highest BCUT2D eigenvalue weighted by atomic mass is 35.5. The Labute approximate surface area is 114 Å². The average Bonchev–Trinajstić information content (AvgIpc) is 3.16. The molecule has 98 valence electrons. The van der Waals surface area contributed by atoms with Gasteiger partial charge in [0.15, 0.2) is 0 Å². The lowest BCUT2D eigenvalue weighted by molar-refractivity contribution is 0.573. The molecule has 0 spiro atoms. The van der Waals surface area contributed by atoms with Gasteiger partial charge in [0.05, 0.1) is 0 Å². The lowest BCUT2D eigenvalue weighted by atomic mass is 10.1. The molecule has 0 radical (unpaired) electrons. The Morgan fingerprint density at radius 2 is 1.95 bits per heavy atom. The topological polar surface area (TPSA) is 25.8 Å². The largest absolute Gasteiger partial charge is 0.237 e. The number of nitrogens with zero attached hydrogens (tertiary/aromatic N) is 2. The fraction of sp³-hybridized carbons (Fsp3) is 0.286. The van der Waals surface area contributed by atoms with Crippen molar-refractivity contribution in [1.82, 2.24) is 9.97 Å². The highest BCUT2D eigenvalue weighted by Crippen LogP contribution is 2.39. The highest BCUT2D eigenvalue weighted by Gasteiger charge is 2.26. The normalized spacial score (nSPS) is 14.7. The van der Waals surface area contributed by atoms with E-state index in [1.165, 1.54) is 12.1 Å². The number of aromatic nitrogens is 2. The maximum atomic E-state index is 13.6. The Kier molecular flexibility index (Phi) is 3.19. The second-order valence-electron chi connectivity index (χ2n) is 4.72. The van der Waals surface area contributed by atoms with Crippen LogP contribution in [0.5, 0.6) is 0 Å². The molecule has 0 atom stereocenters. The molecule has 1 aromatic carbocycles. The molecule has 0 saturated heterocycles. The van der Waals surface area contributed by atoms with Gasteiger partial charge >= 0.3 is 0 Å². The van der Waals surface area contributed by atoms with E-state index in [0.29, 0.717) is 22.5 Å². The second-order valence-corrected chi connectivity index (χ2v) is 5.11. The molecule has 19 heavy (non-hydrogen) atoms. The van der Waals surface area contributed by atoms with E-state index in [2.05, 4.69) is 9.97 Å². The quantitative estimate of drug-likeness (QED) is 0.798. The van der Waals surface area contributed by atoms with Crippen molar-refractivity contribution in [2.24, 2.45) is 0 Å². The predicted molar refractivity (Wildman–Crippen MR) is 68.2 cm³/mol. The lowest BCUT2D eigenvalue weighted by Crippen LogP contribution is -2.02. The van der Waals surface area contributed by atoms with Crippen LogP contribution in [0.1, 0.15) is 35.8 Å². The van der Waals surface area contributed by atoms with Crippen LogP contribution in [0.15, 0.2) is 24.3 Å². The first-order valence-electron chi connectivity index (χ1n) is 6.09. The van der Waals surface area contributed by atoms with Crippen molar-refractivity contribution in [1.29, 1.82) is 0 Å². The standard InChI is InChI=1S/C14H11ClF2N2/c15-13-7-12(8-1-2-8)18-14(19-13)5-9-3-4-10(16)6-11(9)17/h3-4,6-8H,1-2,5H2. The van der Waals surface area contributed by atoms with Crippen LogP contribution < -0.4 is 0 Å². The minimum atomic E-state index is -0.591. The smallest absolute Gasteiger partial charge is 0.134 e. The molecule has 1 saturated carbocycles. The van der Waals surface area contributed by atoms with E-state index in [-0.39, 0.29) is 6.42 Å². The molecule has 1 fully saturated rings. The Bertz CT molecular complexity index is 627. The van der Waals surface area contributed by atoms with Crippen molar-refractivity contribution in [2.45, 2.75) is 25.2 Å². The zero-order valence-electron chi connectivity index (χ0n) is 10.0. The molecule has 2 aromatic rings. The summed E-state index contributed by atoms with van der Waals surface area (Å²) in [5, 5.41) is 0.370. The van der Waals surface area contributed by atoms with Crippen molar-refractivity contribution in [3.63, 3.8) is 0 Å². The Balaban J connectivity index is 1.89. The Morgan fingerprint density at radius 3 is 2.63 bits per heavy atom. The van der Waals surface area contributed by atoms with Crippen LogP contribution >= 0.6 is 11.6 Å². The summed E-state index contributed by atoms with van der Waals surface area (Å²) in [6, 6.07) is 5.25. The minimum absolute atomic E-state index is 0.215.